The minimum atomic E-state index is -0.207. The van der Waals surface area contributed by atoms with Crippen molar-refractivity contribution in [3.05, 3.63) is 0 Å². The molecule has 4 heteroatoms. The molecule has 0 aromatic heterocycles. The Hall–Kier alpha value is -0.900. The lowest BCUT2D eigenvalue weighted by molar-refractivity contribution is -0.142. The summed E-state index contributed by atoms with van der Waals surface area (Å²) in [6.07, 6.45) is 2.08. The highest BCUT2D eigenvalue weighted by Crippen LogP contribution is 2.20. The third-order valence-corrected chi connectivity index (χ3v) is 2.77. The van der Waals surface area contributed by atoms with E-state index < -0.39 is 0 Å². The van der Waals surface area contributed by atoms with Crippen molar-refractivity contribution >= 4 is 11.7 Å². The minimum absolute atomic E-state index is 0.124. The van der Waals surface area contributed by atoms with Gasteiger partial charge in [0.1, 0.15) is 0 Å². The van der Waals surface area contributed by atoms with E-state index in [0.29, 0.717) is 5.92 Å². The average molecular weight is 182 g/mol. The van der Waals surface area contributed by atoms with E-state index in [4.69, 9.17) is 0 Å². The number of carbonyl (C=O) groups is 1. The molecule has 0 amide bonds. The van der Waals surface area contributed by atoms with E-state index in [2.05, 4.69) is 15.3 Å². The van der Waals surface area contributed by atoms with Crippen LogP contribution in [0.1, 0.15) is 19.8 Å². The van der Waals surface area contributed by atoms with Crippen molar-refractivity contribution in [2.45, 2.75) is 19.8 Å². The van der Waals surface area contributed by atoms with E-state index >= 15 is 0 Å². The van der Waals surface area contributed by atoms with Gasteiger partial charge in [-0.2, -0.15) is 0 Å². The summed E-state index contributed by atoms with van der Waals surface area (Å²) >= 11 is 0. The molecule has 0 aromatic carbocycles. The average Bonchev–Trinajstić information content (AvgIpc) is 2.71. The molecule has 0 radical (unpaired) electrons. The van der Waals surface area contributed by atoms with Crippen LogP contribution in [0.5, 0.6) is 0 Å². The van der Waals surface area contributed by atoms with Gasteiger partial charge in [-0.15, -0.1) is 0 Å². The van der Waals surface area contributed by atoms with Gasteiger partial charge in [-0.1, -0.05) is 5.16 Å². The van der Waals surface area contributed by atoms with Gasteiger partial charge in [0.2, 0.25) is 0 Å². The molecule has 1 N–H and O–H groups in total. The van der Waals surface area contributed by atoms with Gasteiger partial charge in [0.25, 0.3) is 0 Å². The summed E-state index contributed by atoms with van der Waals surface area (Å²) in [5.74, 6) is 0.303. The fourth-order valence-corrected chi connectivity index (χ4v) is 1.80. The Kier molecular flexibility index (Phi) is 2.31. The van der Waals surface area contributed by atoms with Crippen molar-refractivity contribution in [3.63, 3.8) is 0 Å². The van der Waals surface area contributed by atoms with Crippen LogP contribution in [0.25, 0.3) is 0 Å². The topological polar surface area (TPSA) is 50.7 Å². The first-order chi connectivity index (χ1) is 6.27. The molecule has 2 unspecified atom stereocenters. The first-order valence-corrected chi connectivity index (χ1v) is 4.75. The van der Waals surface area contributed by atoms with Crippen LogP contribution in [-0.4, -0.2) is 24.8 Å². The standard InChI is InChI=1S/C9H14N2O2/c1-6-8(11-13-9(6)12)4-7-2-3-10-5-7/h6-7,10H,2-5H2,1H3. The van der Waals surface area contributed by atoms with Crippen molar-refractivity contribution in [1.82, 2.24) is 5.32 Å². The van der Waals surface area contributed by atoms with Crippen LogP contribution in [0.15, 0.2) is 5.16 Å². The van der Waals surface area contributed by atoms with Crippen LogP contribution in [0.4, 0.5) is 0 Å². The Morgan fingerprint density at radius 3 is 3.08 bits per heavy atom. The SMILES string of the molecule is CC1C(=O)ON=C1CC1CCNC1. The Labute approximate surface area is 77.3 Å². The molecule has 2 atom stereocenters. The molecule has 1 fully saturated rings. The molecule has 0 spiro atoms. The van der Waals surface area contributed by atoms with Gasteiger partial charge < -0.3 is 10.2 Å². The molecular weight excluding hydrogens is 168 g/mol. The minimum Gasteiger partial charge on any atom is -0.318 e. The van der Waals surface area contributed by atoms with Gasteiger partial charge in [0, 0.05) is 0 Å². The van der Waals surface area contributed by atoms with Gasteiger partial charge >= 0.3 is 5.97 Å². The van der Waals surface area contributed by atoms with Crippen LogP contribution in [0.3, 0.4) is 0 Å². The Balaban J connectivity index is 1.91. The maximum atomic E-state index is 11.0. The Morgan fingerprint density at radius 1 is 1.69 bits per heavy atom. The quantitative estimate of drug-likeness (QED) is 0.634. The van der Waals surface area contributed by atoms with Crippen LogP contribution in [-0.2, 0) is 9.63 Å². The second kappa shape index (κ2) is 3.46. The maximum Gasteiger partial charge on any atom is 0.343 e. The van der Waals surface area contributed by atoms with Gasteiger partial charge in [-0.05, 0) is 38.8 Å². The van der Waals surface area contributed by atoms with Crippen molar-refractivity contribution < 1.29 is 9.63 Å². The lowest BCUT2D eigenvalue weighted by atomic mass is 9.95. The first-order valence-electron chi connectivity index (χ1n) is 4.75. The van der Waals surface area contributed by atoms with E-state index in [1.807, 2.05) is 6.92 Å². The molecular formula is C9H14N2O2. The second-order valence-electron chi connectivity index (χ2n) is 3.78. The maximum absolute atomic E-state index is 11.0. The van der Waals surface area contributed by atoms with Crippen molar-refractivity contribution in [3.8, 4) is 0 Å². The van der Waals surface area contributed by atoms with Gasteiger partial charge in [-0.25, -0.2) is 4.79 Å². The number of hydrogen-bond acceptors (Lipinski definition) is 4. The second-order valence-corrected chi connectivity index (χ2v) is 3.78. The predicted octanol–water partition coefficient (Wildman–Crippen LogP) is 0.535. The fourth-order valence-electron chi connectivity index (χ4n) is 1.80. The summed E-state index contributed by atoms with van der Waals surface area (Å²) in [7, 11) is 0. The molecule has 2 aliphatic rings. The largest absolute Gasteiger partial charge is 0.343 e. The molecule has 2 rings (SSSR count). The number of nitrogens with one attached hydrogen (secondary N) is 1. The smallest absolute Gasteiger partial charge is 0.318 e. The number of nitrogens with zero attached hydrogens (tertiary/aromatic N) is 1. The molecule has 0 aliphatic carbocycles. The van der Waals surface area contributed by atoms with E-state index in [-0.39, 0.29) is 11.9 Å². The van der Waals surface area contributed by atoms with Gasteiger partial charge in [-0.3, -0.25) is 0 Å². The molecule has 1 saturated heterocycles. The van der Waals surface area contributed by atoms with Gasteiger partial charge in [0.15, 0.2) is 0 Å². The molecule has 0 aromatic rings. The molecule has 2 heterocycles. The lowest BCUT2D eigenvalue weighted by Gasteiger charge is -2.07. The highest BCUT2D eigenvalue weighted by molar-refractivity contribution is 6.04. The zero-order valence-electron chi connectivity index (χ0n) is 7.75. The molecule has 13 heavy (non-hydrogen) atoms. The number of hydrogen-bond donors (Lipinski definition) is 1. The highest BCUT2D eigenvalue weighted by Gasteiger charge is 2.30. The predicted molar refractivity (Wildman–Crippen MR) is 48.3 cm³/mol. The van der Waals surface area contributed by atoms with Crippen molar-refractivity contribution in [1.29, 1.82) is 0 Å². The number of oxime groups is 1. The molecule has 2 aliphatic heterocycles. The third-order valence-electron chi connectivity index (χ3n) is 2.77. The summed E-state index contributed by atoms with van der Waals surface area (Å²) in [6.45, 7) is 3.98. The number of carbonyl (C=O) groups excluding carboxylic acids is 1. The monoisotopic (exact) mass is 182 g/mol. The molecule has 0 saturated carbocycles. The summed E-state index contributed by atoms with van der Waals surface area (Å²) < 4.78 is 0. The first kappa shape index (κ1) is 8.69. The van der Waals surface area contributed by atoms with E-state index in [1.54, 1.807) is 0 Å². The Morgan fingerprint density at radius 2 is 2.54 bits per heavy atom. The van der Waals surface area contributed by atoms with Crippen LogP contribution >= 0.6 is 0 Å². The normalized spacial score (nSPS) is 33.3. The molecule has 72 valence electrons. The molecule has 4 nitrogen and oxygen atoms in total. The summed E-state index contributed by atoms with van der Waals surface area (Å²) in [6, 6.07) is 0. The van der Waals surface area contributed by atoms with Crippen molar-refractivity contribution in [2.75, 3.05) is 13.1 Å². The van der Waals surface area contributed by atoms with E-state index in [1.165, 1.54) is 6.42 Å². The number of rotatable bonds is 2. The van der Waals surface area contributed by atoms with Crippen molar-refractivity contribution in [2.24, 2.45) is 17.0 Å². The van der Waals surface area contributed by atoms with E-state index in [9.17, 15) is 4.79 Å². The highest BCUT2D eigenvalue weighted by atomic mass is 16.7. The summed E-state index contributed by atoms with van der Waals surface area (Å²) in [5.41, 5.74) is 0.915. The summed E-state index contributed by atoms with van der Waals surface area (Å²) in [5, 5.41) is 7.09. The van der Waals surface area contributed by atoms with Crippen LogP contribution < -0.4 is 5.32 Å². The third kappa shape index (κ3) is 1.72. The van der Waals surface area contributed by atoms with Gasteiger partial charge in [0.05, 0.1) is 11.6 Å². The van der Waals surface area contributed by atoms with Crippen LogP contribution in [0.2, 0.25) is 0 Å². The zero-order chi connectivity index (χ0) is 9.26. The zero-order valence-corrected chi connectivity index (χ0v) is 7.75. The van der Waals surface area contributed by atoms with Crippen LogP contribution in [0, 0.1) is 11.8 Å². The fraction of sp³-hybridized carbons (Fsp3) is 0.778. The Bertz CT molecular complexity index is 244. The van der Waals surface area contributed by atoms with E-state index in [0.717, 1.165) is 25.2 Å². The molecule has 0 bridgehead atoms. The summed E-state index contributed by atoms with van der Waals surface area (Å²) in [4.78, 5) is 15.6. The lowest BCUT2D eigenvalue weighted by Crippen LogP contribution is -2.18.